The standard InChI is InChI=1S/C8H16N2O2/c1-3-8(11)12-7(2)5-4-6-10-9/h3,7,10H,1,4-6,9H2,2H3. The molecule has 70 valence electrons. The Morgan fingerprint density at radius 2 is 2.50 bits per heavy atom. The molecule has 12 heavy (non-hydrogen) atoms. The molecule has 4 heteroatoms. The van der Waals surface area contributed by atoms with Crippen molar-refractivity contribution in [1.29, 1.82) is 0 Å². The van der Waals surface area contributed by atoms with Crippen molar-refractivity contribution < 1.29 is 9.53 Å². The molecule has 0 bridgehead atoms. The van der Waals surface area contributed by atoms with Crippen molar-refractivity contribution in [2.45, 2.75) is 25.9 Å². The number of hydrazine groups is 1. The molecule has 0 fully saturated rings. The van der Waals surface area contributed by atoms with Crippen molar-refractivity contribution in [2.75, 3.05) is 6.54 Å². The van der Waals surface area contributed by atoms with E-state index in [4.69, 9.17) is 10.6 Å². The monoisotopic (exact) mass is 172 g/mol. The summed E-state index contributed by atoms with van der Waals surface area (Å²) in [6.07, 6.45) is 2.80. The highest BCUT2D eigenvalue weighted by molar-refractivity contribution is 5.81. The van der Waals surface area contributed by atoms with Gasteiger partial charge in [0, 0.05) is 12.6 Å². The van der Waals surface area contributed by atoms with Crippen LogP contribution in [0.3, 0.4) is 0 Å². The number of nitrogens with one attached hydrogen (secondary N) is 1. The van der Waals surface area contributed by atoms with Gasteiger partial charge in [-0.2, -0.15) is 0 Å². The van der Waals surface area contributed by atoms with Crippen molar-refractivity contribution in [3.8, 4) is 0 Å². The molecule has 0 rings (SSSR count). The van der Waals surface area contributed by atoms with Gasteiger partial charge in [-0.1, -0.05) is 6.58 Å². The Morgan fingerprint density at radius 1 is 1.83 bits per heavy atom. The van der Waals surface area contributed by atoms with E-state index in [1.807, 2.05) is 6.92 Å². The molecule has 0 aromatic heterocycles. The van der Waals surface area contributed by atoms with Crippen LogP contribution in [-0.2, 0) is 9.53 Å². The number of nitrogens with two attached hydrogens (primary N) is 1. The predicted octanol–water partition coefficient (Wildman–Crippen LogP) is 0.348. The maximum absolute atomic E-state index is 10.7. The zero-order valence-corrected chi connectivity index (χ0v) is 7.38. The fourth-order valence-corrected chi connectivity index (χ4v) is 0.797. The number of rotatable bonds is 6. The lowest BCUT2D eigenvalue weighted by Gasteiger charge is -2.10. The van der Waals surface area contributed by atoms with Gasteiger partial charge in [0.1, 0.15) is 0 Å². The fraction of sp³-hybridized carbons (Fsp3) is 0.625. The lowest BCUT2D eigenvalue weighted by molar-refractivity contribution is -0.142. The number of carbonyl (C=O) groups is 1. The maximum Gasteiger partial charge on any atom is 0.330 e. The van der Waals surface area contributed by atoms with Gasteiger partial charge in [-0.15, -0.1) is 0 Å². The van der Waals surface area contributed by atoms with Gasteiger partial charge in [0.25, 0.3) is 0 Å². The number of ether oxygens (including phenoxy) is 1. The molecular weight excluding hydrogens is 156 g/mol. The normalized spacial score (nSPS) is 12.2. The van der Waals surface area contributed by atoms with Crippen LogP contribution in [0, 0.1) is 0 Å². The molecule has 0 aromatic rings. The molecule has 0 aliphatic carbocycles. The van der Waals surface area contributed by atoms with E-state index >= 15 is 0 Å². The third-order valence-corrected chi connectivity index (χ3v) is 1.42. The second kappa shape index (κ2) is 6.82. The van der Waals surface area contributed by atoms with Crippen molar-refractivity contribution in [2.24, 2.45) is 5.84 Å². The summed E-state index contributed by atoms with van der Waals surface area (Å²) in [5.74, 6) is 4.70. The molecule has 1 unspecified atom stereocenters. The molecule has 0 aliphatic rings. The SMILES string of the molecule is C=CC(=O)OC(C)CCCNN. The largest absolute Gasteiger partial charge is 0.460 e. The van der Waals surface area contributed by atoms with Crippen LogP contribution in [0.15, 0.2) is 12.7 Å². The Morgan fingerprint density at radius 3 is 3.00 bits per heavy atom. The van der Waals surface area contributed by atoms with E-state index < -0.39 is 0 Å². The molecular formula is C8H16N2O2. The Balaban J connectivity index is 3.38. The van der Waals surface area contributed by atoms with Gasteiger partial charge < -0.3 is 4.74 Å². The molecule has 3 N–H and O–H groups in total. The maximum atomic E-state index is 10.7. The van der Waals surface area contributed by atoms with E-state index in [1.54, 1.807) is 0 Å². The Labute approximate surface area is 72.7 Å². The molecule has 0 heterocycles. The summed E-state index contributed by atoms with van der Waals surface area (Å²) < 4.78 is 4.92. The summed E-state index contributed by atoms with van der Waals surface area (Å²) >= 11 is 0. The van der Waals surface area contributed by atoms with Crippen molar-refractivity contribution >= 4 is 5.97 Å². The zero-order valence-electron chi connectivity index (χ0n) is 7.38. The lowest BCUT2D eigenvalue weighted by atomic mass is 10.2. The van der Waals surface area contributed by atoms with E-state index in [2.05, 4.69) is 12.0 Å². The second-order valence-electron chi connectivity index (χ2n) is 2.55. The van der Waals surface area contributed by atoms with E-state index in [1.165, 1.54) is 0 Å². The smallest absolute Gasteiger partial charge is 0.330 e. The first-order valence-corrected chi connectivity index (χ1v) is 3.97. The molecule has 0 radical (unpaired) electrons. The molecule has 4 nitrogen and oxygen atoms in total. The first-order chi connectivity index (χ1) is 5.70. The van der Waals surface area contributed by atoms with Crippen LogP contribution in [0.4, 0.5) is 0 Å². The molecule has 0 amide bonds. The predicted molar refractivity (Wildman–Crippen MR) is 47.2 cm³/mol. The van der Waals surface area contributed by atoms with Crippen LogP contribution in [0.5, 0.6) is 0 Å². The van der Waals surface area contributed by atoms with Crippen LogP contribution in [0.1, 0.15) is 19.8 Å². The van der Waals surface area contributed by atoms with E-state index in [9.17, 15) is 4.79 Å². The van der Waals surface area contributed by atoms with Gasteiger partial charge >= 0.3 is 5.97 Å². The topological polar surface area (TPSA) is 64.3 Å². The minimum absolute atomic E-state index is 0.0659. The molecule has 0 aromatic carbocycles. The van der Waals surface area contributed by atoms with Crippen LogP contribution in [0.2, 0.25) is 0 Å². The molecule has 1 atom stereocenters. The molecule has 0 saturated heterocycles. The third-order valence-electron chi connectivity index (χ3n) is 1.42. The van der Waals surface area contributed by atoms with Crippen LogP contribution in [0.25, 0.3) is 0 Å². The highest BCUT2D eigenvalue weighted by Gasteiger charge is 2.04. The van der Waals surface area contributed by atoms with Crippen LogP contribution < -0.4 is 11.3 Å². The quantitative estimate of drug-likeness (QED) is 0.199. The zero-order chi connectivity index (χ0) is 9.40. The van der Waals surface area contributed by atoms with Crippen LogP contribution >= 0.6 is 0 Å². The fourth-order valence-electron chi connectivity index (χ4n) is 0.797. The second-order valence-corrected chi connectivity index (χ2v) is 2.55. The average molecular weight is 172 g/mol. The summed E-state index contributed by atoms with van der Waals surface area (Å²) in [5, 5.41) is 0. The van der Waals surface area contributed by atoms with Crippen molar-refractivity contribution in [1.82, 2.24) is 5.43 Å². The minimum atomic E-state index is -0.372. The van der Waals surface area contributed by atoms with Gasteiger partial charge in [0.05, 0.1) is 6.10 Å². The van der Waals surface area contributed by atoms with E-state index in [0.29, 0.717) is 0 Å². The van der Waals surface area contributed by atoms with Crippen molar-refractivity contribution in [3.05, 3.63) is 12.7 Å². The molecule has 0 saturated carbocycles. The Kier molecular flexibility index (Phi) is 6.32. The van der Waals surface area contributed by atoms with Gasteiger partial charge in [0.15, 0.2) is 0 Å². The highest BCUT2D eigenvalue weighted by Crippen LogP contribution is 2.00. The first kappa shape index (κ1) is 11.1. The average Bonchev–Trinajstić information content (AvgIpc) is 2.05. The van der Waals surface area contributed by atoms with Crippen LogP contribution in [-0.4, -0.2) is 18.6 Å². The van der Waals surface area contributed by atoms with Crippen molar-refractivity contribution in [3.63, 3.8) is 0 Å². The molecule has 0 spiro atoms. The number of esters is 1. The van der Waals surface area contributed by atoms with Gasteiger partial charge in [-0.3, -0.25) is 11.3 Å². The van der Waals surface area contributed by atoms with E-state index in [0.717, 1.165) is 25.5 Å². The van der Waals surface area contributed by atoms with Gasteiger partial charge in [-0.25, -0.2) is 4.79 Å². The highest BCUT2D eigenvalue weighted by atomic mass is 16.5. The Bertz CT molecular complexity index is 148. The third kappa shape index (κ3) is 5.88. The summed E-state index contributed by atoms with van der Waals surface area (Å²) in [5.41, 5.74) is 2.53. The van der Waals surface area contributed by atoms with Gasteiger partial charge in [-0.05, 0) is 19.8 Å². The lowest BCUT2D eigenvalue weighted by Crippen LogP contribution is -2.24. The first-order valence-electron chi connectivity index (χ1n) is 3.97. The Hall–Kier alpha value is -0.870. The number of hydrogen-bond donors (Lipinski definition) is 2. The summed E-state index contributed by atoms with van der Waals surface area (Å²) in [7, 11) is 0. The number of carbonyl (C=O) groups excluding carboxylic acids is 1. The summed E-state index contributed by atoms with van der Waals surface area (Å²) in [6, 6.07) is 0. The summed E-state index contributed by atoms with van der Waals surface area (Å²) in [6.45, 7) is 5.88. The minimum Gasteiger partial charge on any atom is -0.460 e. The van der Waals surface area contributed by atoms with E-state index in [-0.39, 0.29) is 12.1 Å². The summed E-state index contributed by atoms with van der Waals surface area (Å²) in [4.78, 5) is 10.7. The van der Waals surface area contributed by atoms with Gasteiger partial charge in [0.2, 0.25) is 0 Å². The number of hydrogen-bond acceptors (Lipinski definition) is 4. The molecule has 0 aliphatic heterocycles.